The minimum atomic E-state index is -0.288. The van der Waals surface area contributed by atoms with Crippen LogP contribution in [0.15, 0.2) is 77.9 Å². The molecule has 0 bridgehead atoms. The van der Waals surface area contributed by atoms with Crippen molar-refractivity contribution >= 4 is 12.1 Å². The van der Waals surface area contributed by atoms with Crippen LogP contribution in [0.3, 0.4) is 0 Å². The largest absolute Gasteiger partial charge is 0.497 e. The van der Waals surface area contributed by atoms with Crippen LogP contribution < -0.4 is 14.9 Å². The molecule has 0 unspecified atom stereocenters. The Kier molecular flexibility index (Phi) is 6.41. The van der Waals surface area contributed by atoms with Crippen LogP contribution in [0, 0.1) is 6.92 Å². The summed E-state index contributed by atoms with van der Waals surface area (Å²) >= 11 is 0. The summed E-state index contributed by atoms with van der Waals surface area (Å²) in [6, 6.07) is 22.6. The molecule has 5 heteroatoms. The third kappa shape index (κ3) is 5.45. The van der Waals surface area contributed by atoms with Gasteiger partial charge >= 0.3 is 0 Å². The Balaban J connectivity index is 1.52. The molecule has 0 aromatic heterocycles. The summed E-state index contributed by atoms with van der Waals surface area (Å²) in [4.78, 5) is 12.2. The van der Waals surface area contributed by atoms with E-state index in [2.05, 4.69) is 29.6 Å². The van der Waals surface area contributed by atoms with E-state index in [1.807, 2.05) is 36.4 Å². The van der Waals surface area contributed by atoms with Crippen LogP contribution in [-0.4, -0.2) is 19.2 Å². The summed E-state index contributed by atoms with van der Waals surface area (Å²) < 4.78 is 10.9. The summed E-state index contributed by atoms with van der Waals surface area (Å²) in [7, 11) is 1.60. The number of hydrogen-bond acceptors (Lipinski definition) is 4. The second-order valence-corrected chi connectivity index (χ2v) is 6.27. The van der Waals surface area contributed by atoms with Crippen LogP contribution >= 0.6 is 0 Å². The van der Waals surface area contributed by atoms with Crippen molar-refractivity contribution in [2.24, 2.45) is 5.10 Å². The number of nitrogens with one attached hydrogen (secondary N) is 1. The molecule has 3 aromatic rings. The van der Waals surface area contributed by atoms with E-state index < -0.39 is 0 Å². The minimum Gasteiger partial charge on any atom is -0.497 e. The van der Waals surface area contributed by atoms with E-state index in [4.69, 9.17) is 9.47 Å². The number of carbonyl (C=O) groups excluding carboxylic acids is 1. The van der Waals surface area contributed by atoms with Crippen molar-refractivity contribution in [2.75, 3.05) is 7.11 Å². The van der Waals surface area contributed by atoms with Gasteiger partial charge in [0.2, 0.25) is 0 Å². The van der Waals surface area contributed by atoms with Gasteiger partial charge in [0.05, 0.1) is 13.3 Å². The monoisotopic (exact) mass is 374 g/mol. The van der Waals surface area contributed by atoms with Crippen molar-refractivity contribution in [3.05, 3.63) is 95.1 Å². The van der Waals surface area contributed by atoms with Gasteiger partial charge in [-0.2, -0.15) is 5.10 Å². The number of aryl methyl sites for hydroxylation is 1. The molecule has 0 saturated heterocycles. The number of amides is 1. The standard InChI is InChI=1S/C23H22N2O3/c1-17-6-8-18(9-7-17)16-28-21-12-10-20(11-13-21)23(26)25-24-15-19-4-3-5-22(14-19)27-2/h3-15H,16H2,1-2H3,(H,25,26). The number of hydrazone groups is 1. The van der Waals surface area contributed by atoms with E-state index >= 15 is 0 Å². The Bertz CT molecular complexity index is 948. The van der Waals surface area contributed by atoms with Crippen LogP contribution in [0.4, 0.5) is 0 Å². The first kappa shape index (κ1) is 19.2. The van der Waals surface area contributed by atoms with Gasteiger partial charge in [0, 0.05) is 5.56 Å². The van der Waals surface area contributed by atoms with E-state index in [9.17, 15) is 4.79 Å². The van der Waals surface area contributed by atoms with Gasteiger partial charge in [-0.3, -0.25) is 4.79 Å². The van der Waals surface area contributed by atoms with Gasteiger partial charge in [-0.05, 0) is 54.4 Å². The number of ether oxygens (including phenoxy) is 2. The lowest BCUT2D eigenvalue weighted by molar-refractivity contribution is 0.0955. The Hall–Kier alpha value is -3.60. The van der Waals surface area contributed by atoms with Gasteiger partial charge in [-0.15, -0.1) is 0 Å². The van der Waals surface area contributed by atoms with Gasteiger partial charge in [-0.1, -0.05) is 42.0 Å². The molecule has 5 nitrogen and oxygen atoms in total. The second kappa shape index (κ2) is 9.37. The van der Waals surface area contributed by atoms with Crippen molar-refractivity contribution in [2.45, 2.75) is 13.5 Å². The highest BCUT2D eigenvalue weighted by Crippen LogP contribution is 2.15. The molecule has 0 heterocycles. The van der Waals surface area contributed by atoms with E-state index in [0.717, 1.165) is 16.9 Å². The summed E-state index contributed by atoms with van der Waals surface area (Å²) in [5.41, 5.74) is 6.17. The molecular formula is C23H22N2O3. The number of methoxy groups -OCH3 is 1. The SMILES string of the molecule is COc1cccc(C=NNC(=O)c2ccc(OCc3ccc(C)cc3)cc2)c1. The minimum absolute atomic E-state index is 0.288. The molecule has 3 aromatic carbocycles. The topological polar surface area (TPSA) is 59.9 Å². The van der Waals surface area contributed by atoms with Gasteiger partial charge in [0.25, 0.3) is 5.91 Å². The third-order valence-electron chi connectivity index (χ3n) is 4.12. The smallest absolute Gasteiger partial charge is 0.271 e. The zero-order valence-electron chi connectivity index (χ0n) is 15.9. The van der Waals surface area contributed by atoms with E-state index in [1.54, 1.807) is 37.6 Å². The molecule has 3 rings (SSSR count). The van der Waals surface area contributed by atoms with Crippen molar-refractivity contribution in [1.29, 1.82) is 0 Å². The number of benzene rings is 3. The molecule has 28 heavy (non-hydrogen) atoms. The number of carbonyl (C=O) groups is 1. The first-order chi connectivity index (χ1) is 13.6. The Morgan fingerprint density at radius 3 is 2.46 bits per heavy atom. The molecule has 0 saturated carbocycles. The summed E-state index contributed by atoms with van der Waals surface area (Å²) in [5.74, 6) is 1.15. The maximum absolute atomic E-state index is 12.2. The highest BCUT2D eigenvalue weighted by molar-refractivity contribution is 5.95. The molecule has 0 aliphatic rings. The second-order valence-electron chi connectivity index (χ2n) is 6.27. The average molecular weight is 374 g/mol. The van der Waals surface area contributed by atoms with Gasteiger partial charge in [0.1, 0.15) is 18.1 Å². The van der Waals surface area contributed by atoms with Gasteiger partial charge in [0.15, 0.2) is 0 Å². The fourth-order valence-electron chi connectivity index (χ4n) is 2.51. The molecular weight excluding hydrogens is 352 g/mol. The highest BCUT2D eigenvalue weighted by Gasteiger charge is 2.04. The lowest BCUT2D eigenvalue weighted by Crippen LogP contribution is -2.17. The number of rotatable bonds is 7. The van der Waals surface area contributed by atoms with Crippen LogP contribution in [0.1, 0.15) is 27.0 Å². The van der Waals surface area contributed by atoms with E-state index in [0.29, 0.717) is 17.9 Å². The maximum atomic E-state index is 12.2. The predicted molar refractivity (Wildman–Crippen MR) is 110 cm³/mol. The lowest BCUT2D eigenvalue weighted by Gasteiger charge is -2.07. The van der Waals surface area contributed by atoms with Crippen molar-refractivity contribution in [1.82, 2.24) is 5.43 Å². The zero-order chi connectivity index (χ0) is 19.8. The predicted octanol–water partition coefficient (Wildman–Crippen LogP) is 4.35. The lowest BCUT2D eigenvalue weighted by atomic mass is 10.2. The Morgan fingerprint density at radius 1 is 1.00 bits per heavy atom. The highest BCUT2D eigenvalue weighted by atomic mass is 16.5. The molecule has 0 atom stereocenters. The summed E-state index contributed by atoms with van der Waals surface area (Å²) in [6.07, 6.45) is 1.57. The fourth-order valence-corrected chi connectivity index (χ4v) is 2.51. The Morgan fingerprint density at radius 2 is 1.75 bits per heavy atom. The van der Waals surface area contributed by atoms with Crippen molar-refractivity contribution < 1.29 is 14.3 Å². The molecule has 142 valence electrons. The average Bonchev–Trinajstić information content (AvgIpc) is 2.74. The maximum Gasteiger partial charge on any atom is 0.271 e. The molecule has 0 radical (unpaired) electrons. The number of hydrogen-bond donors (Lipinski definition) is 1. The Labute approximate surface area is 164 Å². The van der Waals surface area contributed by atoms with Crippen molar-refractivity contribution in [3.8, 4) is 11.5 Å². The first-order valence-electron chi connectivity index (χ1n) is 8.90. The van der Waals surface area contributed by atoms with Crippen molar-refractivity contribution in [3.63, 3.8) is 0 Å². The molecule has 0 aliphatic carbocycles. The van der Waals surface area contributed by atoms with Crippen LogP contribution in [0.25, 0.3) is 0 Å². The first-order valence-corrected chi connectivity index (χ1v) is 8.90. The molecule has 0 fully saturated rings. The van der Waals surface area contributed by atoms with Gasteiger partial charge < -0.3 is 9.47 Å². The number of nitrogens with zero attached hydrogens (tertiary/aromatic N) is 1. The summed E-state index contributed by atoms with van der Waals surface area (Å²) in [6.45, 7) is 2.53. The zero-order valence-corrected chi connectivity index (χ0v) is 15.9. The van der Waals surface area contributed by atoms with Crippen LogP contribution in [0.2, 0.25) is 0 Å². The van der Waals surface area contributed by atoms with Crippen LogP contribution in [0.5, 0.6) is 11.5 Å². The third-order valence-corrected chi connectivity index (χ3v) is 4.12. The van der Waals surface area contributed by atoms with Crippen LogP contribution in [-0.2, 0) is 6.61 Å². The van der Waals surface area contributed by atoms with Gasteiger partial charge in [-0.25, -0.2) is 5.43 Å². The quantitative estimate of drug-likeness (QED) is 0.494. The molecule has 1 amide bonds. The molecule has 0 spiro atoms. The van der Waals surface area contributed by atoms with E-state index in [-0.39, 0.29) is 5.91 Å². The molecule has 1 N–H and O–H groups in total. The summed E-state index contributed by atoms with van der Waals surface area (Å²) in [5, 5.41) is 3.99. The fraction of sp³-hybridized carbons (Fsp3) is 0.130. The van der Waals surface area contributed by atoms with E-state index in [1.165, 1.54) is 5.56 Å². The normalized spacial score (nSPS) is 10.6. The molecule has 0 aliphatic heterocycles.